The van der Waals surface area contributed by atoms with Gasteiger partial charge in [-0.15, -0.1) is 0 Å². The third kappa shape index (κ3) is 3.60. The van der Waals surface area contributed by atoms with Gasteiger partial charge < -0.3 is 19.8 Å². The van der Waals surface area contributed by atoms with Crippen molar-refractivity contribution < 1.29 is 18.7 Å². The molecular weight excluding hydrogens is 347 g/mol. The van der Waals surface area contributed by atoms with Crippen molar-refractivity contribution >= 4 is 16.8 Å². The van der Waals surface area contributed by atoms with Crippen LogP contribution in [0.15, 0.2) is 42.6 Å². The molecule has 0 aliphatic rings. The highest BCUT2D eigenvalue weighted by Gasteiger charge is 2.26. The molecular formula is C21H23FN2O3. The lowest BCUT2D eigenvalue weighted by Gasteiger charge is -2.25. The lowest BCUT2D eigenvalue weighted by Crippen LogP contribution is -2.36. The number of ether oxygens (including phenoxy) is 2. The molecule has 0 fully saturated rings. The van der Waals surface area contributed by atoms with Crippen LogP contribution in [0, 0.1) is 5.82 Å². The number of nitrogens with one attached hydrogen (secondary N) is 2. The topological polar surface area (TPSA) is 63.4 Å². The number of carbonyl (C=O) groups is 1. The second-order valence-electron chi connectivity index (χ2n) is 7.00. The van der Waals surface area contributed by atoms with Gasteiger partial charge in [-0.1, -0.05) is 19.9 Å². The van der Waals surface area contributed by atoms with E-state index in [0.717, 1.165) is 16.5 Å². The zero-order chi connectivity index (χ0) is 19.6. The van der Waals surface area contributed by atoms with Crippen molar-refractivity contribution in [1.29, 1.82) is 0 Å². The number of hydrogen-bond donors (Lipinski definition) is 2. The maximum absolute atomic E-state index is 13.4. The Hall–Kier alpha value is -3.02. The molecule has 0 spiro atoms. The molecule has 0 saturated carbocycles. The highest BCUT2D eigenvalue weighted by Crippen LogP contribution is 2.31. The number of benzene rings is 2. The number of rotatable bonds is 6. The normalized spacial score (nSPS) is 11.4. The van der Waals surface area contributed by atoms with Crippen LogP contribution in [-0.4, -0.2) is 31.7 Å². The Bertz CT molecular complexity index is 956. The standard InChI is InChI=1S/C21H23FN2O3/c1-21(2,15-11-23-16-10-13(22)8-9-14(15)16)12-24-20(25)19-17(26-3)6-5-7-18(19)27-4/h5-11,23H,12H2,1-4H3,(H,24,25). The van der Waals surface area contributed by atoms with Crippen molar-refractivity contribution in [3.8, 4) is 11.5 Å². The lowest BCUT2D eigenvalue weighted by molar-refractivity contribution is 0.0939. The molecule has 142 valence electrons. The molecule has 3 aromatic rings. The Morgan fingerprint density at radius 1 is 1.15 bits per heavy atom. The number of aromatic amines is 1. The fourth-order valence-electron chi connectivity index (χ4n) is 3.22. The molecule has 6 heteroatoms. The summed E-state index contributed by atoms with van der Waals surface area (Å²) in [5.41, 5.74) is 1.72. The van der Waals surface area contributed by atoms with Crippen molar-refractivity contribution in [3.05, 3.63) is 59.5 Å². The first kappa shape index (κ1) is 18.8. The first-order valence-corrected chi connectivity index (χ1v) is 8.63. The van der Waals surface area contributed by atoms with Gasteiger partial charge in [0.25, 0.3) is 5.91 Å². The van der Waals surface area contributed by atoms with Crippen LogP contribution in [0.1, 0.15) is 29.8 Å². The molecule has 2 N–H and O–H groups in total. The minimum atomic E-state index is -0.374. The highest BCUT2D eigenvalue weighted by molar-refractivity contribution is 5.99. The van der Waals surface area contributed by atoms with Crippen LogP contribution in [-0.2, 0) is 5.41 Å². The fraction of sp³-hybridized carbons (Fsp3) is 0.286. The highest BCUT2D eigenvalue weighted by atomic mass is 19.1. The van der Waals surface area contributed by atoms with E-state index in [1.165, 1.54) is 26.4 Å². The van der Waals surface area contributed by atoms with E-state index in [-0.39, 0.29) is 17.1 Å². The zero-order valence-corrected chi connectivity index (χ0v) is 15.9. The van der Waals surface area contributed by atoms with Crippen molar-refractivity contribution in [3.63, 3.8) is 0 Å². The molecule has 0 atom stereocenters. The maximum Gasteiger partial charge on any atom is 0.258 e. The summed E-state index contributed by atoms with van der Waals surface area (Å²) in [4.78, 5) is 15.9. The Labute approximate surface area is 157 Å². The van der Waals surface area contributed by atoms with Gasteiger partial charge >= 0.3 is 0 Å². The fourth-order valence-corrected chi connectivity index (χ4v) is 3.22. The van der Waals surface area contributed by atoms with Crippen LogP contribution in [0.4, 0.5) is 4.39 Å². The molecule has 0 saturated heterocycles. The molecule has 27 heavy (non-hydrogen) atoms. The number of hydrogen-bond acceptors (Lipinski definition) is 3. The first-order chi connectivity index (χ1) is 12.9. The van der Waals surface area contributed by atoms with E-state index in [0.29, 0.717) is 23.6 Å². The zero-order valence-electron chi connectivity index (χ0n) is 15.9. The Balaban J connectivity index is 1.84. The summed E-state index contributed by atoms with van der Waals surface area (Å²) in [5.74, 6) is 0.341. The van der Waals surface area contributed by atoms with Crippen molar-refractivity contribution in [2.24, 2.45) is 0 Å². The summed E-state index contributed by atoms with van der Waals surface area (Å²) in [6.45, 7) is 4.44. The summed E-state index contributed by atoms with van der Waals surface area (Å²) < 4.78 is 24.0. The predicted molar refractivity (Wildman–Crippen MR) is 103 cm³/mol. The summed E-state index contributed by atoms with van der Waals surface area (Å²) in [5, 5.41) is 3.90. The predicted octanol–water partition coefficient (Wildman–Crippen LogP) is 4.03. The molecule has 3 rings (SSSR count). The lowest BCUT2D eigenvalue weighted by atomic mass is 9.84. The van der Waals surface area contributed by atoms with Gasteiger partial charge in [-0.05, 0) is 35.9 Å². The van der Waals surface area contributed by atoms with E-state index in [2.05, 4.69) is 10.3 Å². The van der Waals surface area contributed by atoms with Gasteiger partial charge in [-0.25, -0.2) is 4.39 Å². The van der Waals surface area contributed by atoms with Crippen molar-refractivity contribution in [1.82, 2.24) is 10.3 Å². The van der Waals surface area contributed by atoms with Gasteiger partial charge in [-0.2, -0.15) is 0 Å². The Morgan fingerprint density at radius 3 is 2.44 bits per heavy atom. The van der Waals surface area contributed by atoms with Crippen LogP contribution in [0.5, 0.6) is 11.5 Å². The third-order valence-corrected chi connectivity index (χ3v) is 4.72. The number of fused-ring (bicyclic) bond motifs is 1. The molecule has 0 radical (unpaired) electrons. The largest absolute Gasteiger partial charge is 0.496 e. The van der Waals surface area contributed by atoms with Gasteiger partial charge in [0.05, 0.1) is 14.2 Å². The number of aromatic nitrogens is 1. The average molecular weight is 370 g/mol. The van der Waals surface area contributed by atoms with Gasteiger partial charge in [0.15, 0.2) is 0 Å². The van der Waals surface area contributed by atoms with Crippen LogP contribution < -0.4 is 14.8 Å². The number of halogens is 1. The van der Waals surface area contributed by atoms with Crippen LogP contribution in [0.25, 0.3) is 10.9 Å². The molecule has 5 nitrogen and oxygen atoms in total. The second kappa shape index (κ2) is 7.31. The van der Waals surface area contributed by atoms with Crippen molar-refractivity contribution in [2.75, 3.05) is 20.8 Å². The summed E-state index contributed by atoms with van der Waals surface area (Å²) in [6.07, 6.45) is 1.86. The molecule has 1 amide bonds. The van der Waals surface area contributed by atoms with Gasteiger partial charge in [-0.3, -0.25) is 4.79 Å². The molecule has 0 aliphatic heterocycles. The Morgan fingerprint density at radius 2 is 1.81 bits per heavy atom. The van der Waals surface area contributed by atoms with E-state index in [1.54, 1.807) is 24.3 Å². The van der Waals surface area contributed by atoms with E-state index < -0.39 is 0 Å². The number of methoxy groups -OCH3 is 2. The van der Waals surface area contributed by atoms with Gasteiger partial charge in [0.1, 0.15) is 22.9 Å². The van der Waals surface area contributed by atoms with Crippen LogP contribution in [0.3, 0.4) is 0 Å². The number of amides is 1. The molecule has 0 bridgehead atoms. The monoisotopic (exact) mass is 370 g/mol. The van der Waals surface area contributed by atoms with E-state index >= 15 is 0 Å². The number of H-pyrrole nitrogens is 1. The molecule has 2 aromatic carbocycles. The minimum Gasteiger partial charge on any atom is -0.496 e. The molecule has 1 heterocycles. The summed E-state index contributed by atoms with van der Waals surface area (Å²) in [7, 11) is 3.03. The number of carbonyl (C=O) groups excluding carboxylic acids is 1. The van der Waals surface area contributed by atoms with E-state index in [4.69, 9.17) is 9.47 Å². The third-order valence-electron chi connectivity index (χ3n) is 4.72. The maximum atomic E-state index is 13.4. The molecule has 0 aliphatic carbocycles. The first-order valence-electron chi connectivity index (χ1n) is 8.63. The smallest absolute Gasteiger partial charge is 0.258 e. The average Bonchev–Trinajstić information content (AvgIpc) is 3.09. The van der Waals surface area contributed by atoms with Gasteiger partial charge in [0.2, 0.25) is 0 Å². The molecule has 1 aromatic heterocycles. The summed E-state index contributed by atoms with van der Waals surface area (Å²) >= 11 is 0. The van der Waals surface area contributed by atoms with E-state index in [9.17, 15) is 9.18 Å². The summed E-state index contributed by atoms with van der Waals surface area (Å²) in [6, 6.07) is 9.86. The quantitative estimate of drug-likeness (QED) is 0.689. The SMILES string of the molecule is COc1cccc(OC)c1C(=O)NCC(C)(C)c1c[nH]c2cc(F)ccc12. The molecule has 0 unspecified atom stereocenters. The van der Waals surface area contributed by atoms with E-state index in [1.807, 2.05) is 20.0 Å². The second-order valence-corrected chi connectivity index (χ2v) is 7.00. The van der Waals surface area contributed by atoms with Crippen LogP contribution in [0.2, 0.25) is 0 Å². The minimum absolute atomic E-state index is 0.275. The van der Waals surface area contributed by atoms with Crippen LogP contribution >= 0.6 is 0 Å². The Kier molecular flexibility index (Phi) is 5.08. The van der Waals surface area contributed by atoms with Crippen molar-refractivity contribution in [2.45, 2.75) is 19.3 Å². The van der Waals surface area contributed by atoms with Gasteiger partial charge in [0, 0.05) is 29.1 Å².